The third kappa shape index (κ3) is 2.27. The molecule has 0 bridgehead atoms. The molecule has 0 unspecified atom stereocenters. The van der Waals surface area contributed by atoms with Gasteiger partial charge in [-0.25, -0.2) is 4.68 Å². The van der Waals surface area contributed by atoms with Crippen LogP contribution in [0.2, 0.25) is 0 Å². The van der Waals surface area contributed by atoms with Gasteiger partial charge in [-0.1, -0.05) is 18.2 Å². The molecule has 0 atom stereocenters. The van der Waals surface area contributed by atoms with Gasteiger partial charge in [0.1, 0.15) is 11.6 Å². The van der Waals surface area contributed by atoms with Crippen LogP contribution >= 0.6 is 0 Å². The van der Waals surface area contributed by atoms with Gasteiger partial charge in [-0.2, -0.15) is 0 Å². The molecule has 2 aromatic rings. The molecule has 88 valence electrons. The molecule has 5 nitrogen and oxygen atoms in total. The second kappa shape index (κ2) is 4.16. The Morgan fingerprint density at radius 3 is 2.88 bits per heavy atom. The summed E-state index contributed by atoms with van der Waals surface area (Å²) in [6, 6.07) is 8.06. The van der Waals surface area contributed by atoms with Gasteiger partial charge >= 0.3 is 0 Å². The van der Waals surface area contributed by atoms with Crippen LogP contribution in [0.5, 0.6) is 5.75 Å². The smallest absolute Gasteiger partial charge is 0.148 e. The quantitative estimate of drug-likeness (QED) is 0.800. The van der Waals surface area contributed by atoms with Crippen LogP contribution < -0.4 is 4.74 Å². The standard InChI is InChI=1S/C12H14N4O/c1-9-13-14-15-16(9)8-10-4-2-3-5-12(10)17-11-6-7-11/h2-5,11H,6-8H2,1H3. The minimum absolute atomic E-state index is 0.408. The van der Waals surface area contributed by atoms with Crippen LogP contribution in [0.15, 0.2) is 24.3 Å². The highest BCUT2D eigenvalue weighted by molar-refractivity contribution is 5.34. The summed E-state index contributed by atoms with van der Waals surface area (Å²) in [6.45, 7) is 2.55. The first-order valence-electron chi connectivity index (χ1n) is 5.80. The highest BCUT2D eigenvalue weighted by Crippen LogP contribution is 2.29. The molecule has 0 saturated heterocycles. The van der Waals surface area contributed by atoms with Crippen LogP contribution in [0.1, 0.15) is 24.2 Å². The average molecular weight is 230 g/mol. The predicted octanol–water partition coefficient (Wildman–Crippen LogP) is 1.57. The molecule has 0 spiro atoms. The Morgan fingerprint density at radius 1 is 1.35 bits per heavy atom. The molecule has 1 aliphatic rings. The molecule has 1 saturated carbocycles. The molecular weight excluding hydrogens is 216 g/mol. The van der Waals surface area contributed by atoms with Gasteiger partial charge in [-0.05, 0) is 36.3 Å². The van der Waals surface area contributed by atoms with Gasteiger partial charge in [-0.15, -0.1) is 5.10 Å². The molecule has 0 N–H and O–H groups in total. The predicted molar refractivity (Wildman–Crippen MR) is 61.7 cm³/mol. The van der Waals surface area contributed by atoms with Crippen molar-refractivity contribution in [2.45, 2.75) is 32.4 Å². The topological polar surface area (TPSA) is 52.8 Å². The molecule has 0 radical (unpaired) electrons. The van der Waals surface area contributed by atoms with Gasteiger partial charge in [-0.3, -0.25) is 0 Å². The number of nitrogens with zero attached hydrogens (tertiary/aromatic N) is 4. The van der Waals surface area contributed by atoms with E-state index in [0.29, 0.717) is 12.6 Å². The maximum Gasteiger partial charge on any atom is 0.148 e. The third-order valence-electron chi connectivity index (χ3n) is 2.82. The second-order valence-electron chi connectivity index (χ2n) is 4.31. The normalized spacial score (nSPS) is 14.9. The van der Waals surface area contributed by atoms with E-state index >= 15 is 0 Å². The van der Waals surface area contributed by atoms with E-state index in [0.717, 1.165) is 30.0 Å². The number of hydrogen-bond donors (Lipinski definition) is 0. The summed E-state index contributed by atoms with van der Waals surface area (Å²) in [7, 11) is 0. The van der Waals surface area contributed by atoms with E-state index in [2.05, 4.69) is 21.6 Å². The van der Waals surface area contributed by atoms with Crippen molar-refractivity contribution in [2.24, 2.45) is 0 Å². The zero-order valence-corrected chi connectivity index (χ0v) is 9.71. The maximum atomic E-state index is 5.86. The number of aryl methyl sites for hydroxylation is 1. The van der Waals surface area contributed by atoms with E-state index in [1.165, 1.54) is 0 Å². The fourth-order valence-corrected chi connectivity index (χ4v) is 1.67. The summed E-state index contributed by atoms with van der Waals surface area (Å²) in [5.41, 5.74) is 1.12. The summed E-state index contributed by atoms with van der Waals surface area (Å²) < 4.78 is 7.64. The van der Waals surface area contributed by atoms with E-state index in [1.54, 1.807) is 4.68 Å². The monoisotopic (exact) mass is 230 g/mol. The van der Waals surface area contributed by atoms with Crippen molar-refractivity contribution in [1.29, 1.82) is 0 Å². The van der Waals surface area contributed by atoms with Crippen LogP contribution in [0.3, 0.4) is 0 Å². The Labute approximate surface area is 99.4 Å². The van der Waals surface area contributed by atoms with Gasteiger partial charge in [0.2, 0.25) is 0 Å². The van der Waals surface area contributed by atoms with Crippen molar-refractivity contribution in [2.75, 3.05) is 0 Å². The van der Waals surface area contributed by atoms with Gasteiger partial charge < -0.3 is 4.74 Å². The third-order valence-corrected chi connectivity index (χ3v) is 2.82. The fraction of sp³-hybridized carbons (Fsp3) is 0.417. The van der Waals surface area contributed by atoms with E-state index in [4.69, 9.17) is 4.74 Å². The highest BCUT2D eigenvalue weighted by atomic mass is 16.5. The van der Waals surface area contributed by atoms with E-state index in [9.17, 15) is 0 Å². The minimum Gasteiger partial charge on any atom is -0.490 e. The molecule has 0 aliphatic heterocycles. The number of para-hydroxylation sites is 1. The van der Waals surface area contributed by atoms with Crippen LogP contribution in [-0.2, 0) is 6.54 Å². The summed E-state index contributed by atoms with van der Waals surface area (Å²) >= 11 is 0. The maximum absolute atomic E-state index is 5.86. The lowest BCUT2D eigenvalue weighted by Gasteiger charge is -2.10. The lowest BCUT2D eigenvalue weighted by atomic mass is 10.2. The first-order valence-corrected chi connectivity index (χ1v) is 5.80. The molecule has 1 aromatic carbocycles. The Bertz CT molecular complexity index is 519. The summed E-state index contributed by atoms with van der Waals surface area (Å²) in [5.74, 6) is 1.76. The Hall–Kier alpha value is -1.91. The van der Waals surface area contributed by atoms with Crippen LogP contribution in [-0.4, -0.2) is 26.3 Å². The van der Waals surface area contributed by atoms with E-state index in [-0.39, 0.29) is 0 Å². The molecule has 0 amide bonds. The Balaban J connectivity index is 1.83. The summed E-state index contributed by atoms with van der Waals surface area (Å²) in [6.07, 6.45) is 2.74. The molecule has 3 rings (SSSR count). The van der Waals surface area contributed by atoms with Crippen molar-refractivity contribution in [3.63, 3.8) is 0 Å². The van der Waals surface area contributed by atoms with Gasteiger partial charge in [0.05, 0.1) is 12.6 Å². The lowest BCUT2D eigenvalue weighted by Crippen LogP contribution is -2.07. The number of benzene rings is 1. The molecule has 17 heavy (non-hydrogen) atoms. The van der Waals surface area contributed by atoms with E-state index in [1.807, 2.05) is 25.1 Å². The Kier molecular flexibility index (Phi) is 2.51. The molecule has 5 heteroatoms. The van der Waals surface area contributed by atoms with Crippen LogP contribution in [0.25, 0.3) is 0 Å². The van der Waals surface area contributed by atoms with Crippen molar-refractivity contribution in [1.82, 2.24) is 20.2 Å². The second-order valence-corrected chi connectivity index (χ2v) is 4.31. The fourth-order valence-electron chi connectivity index (χ4n) is 1.67. The van der Waals surface area contributed by atoms with Crippen LogP contribution in [0.4, 0.5) is 0 Å². The molecule has 1 heterocycles. The summed E-state index contributed by atoms with van der Waals surface area (Å²) in [5, 5.41) is 11.5. The Morgan fingerprint density at radius 2 is 2.18 bits per heavy atom. The molecule has 1 aliphatic carbocycles. The highest BCUT2D eigenvalue weighted by Gasteiger charge is 2.24. The van der Waals surface area contributed by atoms with Gasteiger partial charge in [0.25, 0.3) is 0 Å². The summed E-state index contributed by atoms with van der Waals surface area (Å²) in [4.78, 5) is 0. The van der Waals surface area contributed by atoms with Crippen molar-refractivity contribution < 1.29 is 4.74 Å². The number of rotatable bonds is 4. The zero-order chi connectivity index (χ0) is 11.7. The largest absolute Gasteiger partial charge is 0.490 e. The van der Waals surface area contributed by atoms with Crippen LogP contribution in [0, 0.1) is 6.92 Å². The number of hydrogen-bond acceptors (Lipinski definition) is 4. The number of tetrazole rings is 1. The van der Waals surface area contributed by atoms with Gasteiger partial charge in [0, 0.05) is 5.56 Å². The van der Waals surface area contributed by atoms with Gasteiger partial charge in [0.15, 0.2) is 0 Å². The lowest BCUT2D eigenvalue weighted by molar-refractivity contribution is 0.299. The molecule has 1 fully saturated rings. The number of ether oxygens (including phenoxy) is 1. The van der Waals surface area contributed by atoms with Crippen molar-refractivity contribution in [3.8, 4) is 5.75 Å². The SMILES string of the molecule is Cc1nnnn1Cc1ccccc1OC1CC1. The van der Waals surface area contributed by atoms with Crippen molar-refractivity contribution in [3.05, 3.63) is 35.7 Å². The van der Waals surface area contributed by atoms with Crippen molar-refractivity contribution >= 4 is 0 Å². The number of aromatic nitrogens is 4. The first kappa shape index (κ1) is 10.3. The first-order chi connectivity index (χ1) is 8.33. The average Bonchev–Trinajstić information content (AvgIpc) is 3.06. The zero-order valence-electron chi connectivity index (χ0n) is 9.71. The minimum atomic E-state index is 0.408. The molecule has 1 aromatic heterocycles. The van der Waals surface area contributed by atoms with E-state index < -0.39 is 0 Å². The molecular formula is C12H14N4O.